The first-order valence-corrected chi connectivity index (χ1v) is 8.31. The average Bonchev–Trinajstić information content (AvgIpc) is 2.84. The smallest absolute Gasteiger partial charge is 0.0485 e. The van der Waals surface area contributed by atoms with Crippen LogP contribution < -0.4 is 5.32 Å². The minimum Gasteiger partial charge on any atom is -0.319 e. The molecule has 2 atom stereocenters. The monoisotopic (exact) mass is 330 g/mol. The molecule has 1 aliphatic heterocycles. The minimum absolute atomic E-state index is 0.590. The molecule has 2 unspecified atom stereocenters. The molecule has 2 heterocycles. The van der Waals surface area contributed by atoms with Crippen LogP contribution in [0, 0.1) is 12.8 Å². The molecule has 1 aromatic rings. The van der Waals surface area contributed by atoms with Gasteiger partial charge in [-0.2, -0.15) is 0 Å². The number of likely N-dealkylation sites (tertiary alicyclic amines) is 1. The Labute approximate surface area is 123 Å². The van der Waals surface area contributed by atoms with E-state index in [0.717, 1.165) is 12.5 Å². The zero-order valence-electron chi connectivity index (χ0n) is 11.7. The molecule has 1 aromatic heterocycles. The van der Waals surface area contributed by atoms with Crippen molar-refractivity contribution < 1.29 is 0 Å². The summed E-state index contributed by atoms with van der Waals surface area (Å²) in [5.74, 6) is 0.738. The molecule has 1 saturated heterocycles. The Morgan fingerprint density at radius 2 is 2.28 bits per heavy atom. The van der Waals surface area contributed by atoms with Crippen LogP contribution in [0.4, 0.5) is 0 Å². The second-order valence-electron chi connectivity index (χ2n) is 5.44. The van der Waals surface area contributed by atoms with Gasteiger partial charge in [0.1, 0.15) is 0 Å². The van der Waals surface area contributed by atoms with E-state index < -0.39 is 0 Å². The number of hydrogen-bond acceptors (Lipinski definition) is 3. The van der Waals surface area contributed by atoms with E-state index in [2.05, 4.69) is 60.0 Å². The number of thiophene rings is 1. The summed E-state index contributed by atoms with van der Waals surface area (Å²) in [5, 5.41) is 3.36. The quantitative estimate of drug-likeness (QED) is 0.903. The minimum atomic E-state index is 0.590. The van der Waals surface area contributed by atoms with Crippen LogP contribution in [0.5, 0.6) is 0 Å². The maximum Gasteiger partial charge on any atom is 0.0485 e. The van der Waals surface area contributed by atoms with E-state index in [1.807, 2.05) is 11.3 Å². The maximum atomic E-state index is 3.66. The van der Waals surface area contributed by atoms with Crippen molar-refractivity contribution in [2.24, 2.45) is 5.92 Å². The molecule has 1 fully saturated rings. The molecule has 1 N–H and O–H groups in total. The van der Waals surface area contributed by atoms with E-state index >= 15 is 0 Å². The van der Waals surface area contributed by atoms with E-state index in [4.69, 9.17) is 0 Å². The number of hydrogen-bond donors (Lipinski definition) is 1. The third kappa shape index (κ3) is 2.82. The first-order chi connectivity index (χ1) is 8.54. The maximum absolute atomic E-state index is 3.66. The molecule has 0 aliphatic carbocycles. The van der Waals surface area contributed by atoms with Crippen LogP contribution in [0.3, 0.4) is 0 Å². The highest BCUT2D eigenvalue weighted by molar-refractivity contribution is 9.10. The predicted molar refractivity (Wildman–Crippen MR) is 83.4 cm³/mol. The summed E-state index contributed by atoms with van der Waals surface area (Å²) in [6.45, 7) is 9.15. The number of rotatable bonds is 4. The first kappa shape index (κ1) is 14.5. The van der Waals surface area contributed by atoms with Gasteiger partial charge < -0.3 is 5.32 Å². The summed E-state index contributed by atoms with van der Waals surface area (Å²) in [4.78, 5) is 5.56. The van der Waals surface area contributed by atoms with Crippen LogP contribution in [-0.2, 0) is 0 Å². The number of halogens is 1. The summed E-state index contributed by atoms with van der Waals surface area (Å²) >= 11 is 5.60. The van der Waals surface area contributed by atoms with Gasteiger partial charge in [-0.05, 0) is 75.2 Å². The van der Waals surface area contributed by atoms with Gasteiger partial charge in [0.2, 0.25) is 0 Å². The van der Waals surface area contributed by atoms with E-state index in [1.54, 1.807) is 0 Å². The molecule has 2 rings (SSSR count). The number of nitrogens with zero attached hydrogens (tertiary/aromatic N) is 1. The molecule has 0 aromatic carbocycles. The van der Waals surface area contributed by atoms with Crippen molar-refractivity contribution in [3.8, 4) is 0 Å². The summed E-state index contributed by atoms with van der Waals surface area (Å²) in [5.41, 5.74) is 0. The molecule has 102 valence electrons. The molecule has 1 aliphatic rings. The zero-order chi connectivity index (χ0) is 13.3. The Kier molecular flexibility index (Phi) is 4.86. The molecular formula is C14H23BrN2S. The van der Waals surface area contributed by atoms with Crippen LogP contribution in [0.2, 0.25) is 0 Å². The normalized spacial score (nSPS) is 25.2. The Hall–Kier alpha value is 0.1000. The van der Waals surface area contributed by atoms with Crippen molar-refractivity contribution >= 4 is 27.3 Å². The average molecular weight is 331 g/mol. The van der Waals surface area contributed by atoms with Gasteiger partial charge in [0.25, 0.3) is 0 Å². The zero-order valence-corrected chi connectivity index (χ0v) is 14.1. The SMILES string of the molecule is CNCC1CCN(C(C)C)C1c1cc(Br)c(C)s1. The van der Waals surface area contributed by atoms with Gasteiger partial charge in [0.05, 0.1) is 0 Å². The Morgan fingerprint density at radius 1 is 1.56 bits per heavy atom. The predicted octanol–water partition coefficient (Wildman–Crippen LogP) is 3.81. The van der Waals surface area contributed by atoms with Crippen molar-refractivity contribution in [3.05, 3.63) is 20.3 Å². The van der Waals surface area contributed by atoms with Gasteiger partial charge in [-0.1, -0.05) is 0 Å². The molecule has 0 spiro atoms. The van der Waals surface area contributed by atoms with Crippen LogP contribution in [0.1, 0.15) is 36.1 Å². The fraction of sp³-hybridized carbons (Fsp3) is 0.714. The number of nitrogens with one attached hydrogen (secondary N) is 1. The van der Waals surface area contributed by atoms with E-state index in [1.165, 1.54) is 27.2 Å². The Morgan fingerprint density at radius 3 is 2.78 bits per heavy atom. The van der Waals surface area contributed by atoms with E-state index in [0.29, 0.717) is 12.1 Å². The Bertz CT molecular complexity index is 383. The highest BCUT2D eigenvalue weighted by Gasteiger charge is 2.37. The third-order valence-electron chi connectivity index (χ3n) is 3.86. The second-order valence-corrected chi connectivity index (χ2v) is 7.58. The lowest BCUT2D eigenvalue weighted by Gasteiger charge is -2.30. The van der Waals surface area contributed by atoms with Crippen LogP contribution >= 0.6 is 27.3 Å². The molecular weight excluding hydrogens is 308 g/mol. The van der Waals surface area contributed by atoms with Gasteiger partial charge in [-0.3, -0.25) is 4.90 Å². The summed E-state index contributed by atoms with van der Waals surface area (Å²) in [7, 11) is 2.06. The summed E-state index contributed by atoms with van der Waals surface area (Å²) in [6, 6.07) is 3.54. The third-order valence-corrected chi connectivity index (χ3v) is 6.07. The van der Waals surface area contributed by atoms with E-state index in [-0.39, 0.29) is 0 Å². The van der Waals surface area contributed by atoms with Gasteiger partial charge in [0.15, 0.2) is 0 Å². The van der Waals surface area contributed by atoms with Gasteiger partial charge in [-0.25, -0.2) is 0 Å². The van der Waals surface area contributed by atoms with Crippen molar-refractivity contribution in [2.45, 2.75) is 39.3 Å². The topological polar surface area (TPSA) is 15.3 Å². The molecule has 0 saturated carbocycles. The fourth-order valence-electron chi connectivity index (χ4n) is 2.96. The largest absolute Gasteiger partial charge is 0.319 e. The fourth-order valence-corrected chi connectivity index (χ4v) is 4.74. The van der Waals surface area contributed by atoms with Crippen molar-refractivity contribution in [1.29, 1.82) is 0 Å². The first-order valence-electron chi connectivity index (χ1n) is 6.70. The van der Waals surface area contributed by atoms with Crippen molar-refractivity contribution in [2.75, 3.05) is 20.1 Å². The Balaban J connectivity index is 2.28. The summed E-state index contributed by atoms with van der Waals surface area (Å²) < 4.78 is 1.27. The van der Waals surface area contributed by atoms with E-state index in [9.17, 15) is 0 Å². The lowest BCUT2D eigenvalue weighted by molar-refractivity contribution is 0.185. The van der Waals surface area contributed by atoms with Crippen molar-refractivity contribution in [3.63, 3.8) is 0 Å². The molecule has 18 heavy (non-hydrogen) atoms. The van der Waals surface area contributed by atoms with Gasteiger partial charge in [0, 0.05) is 26.3 Å². The molecule has 4 heteroatoms. The number of aryl methyl sites for hydroxylation is 1. The lowest BCUT2D eigenvalue weighted by Crippen LogP contribution is -2.33. The standard InChI is InChI=1S/C14H23BrN2S/c1-9(2)17-6-5-11(8-16-4)14(17)13-7-12(15)10(3)18-13/h7,9,11,14,16H,5-6,8H2,1-4H3. The van der Waals surface area contributed by atoms with Crippen LogP contribution in [0.25, 0.3) is 0 Å². The second kappa shape index (κ2) is 6.04. The summed E-state index contributed by atoms with van der Waals surface area (Å²) in [6.07, 6.45) is 1.30. The highest BCUT2D eigenvalue weighted by atomic mass is 79.9. The van der Waals surface area contributed by atoms with Crippen molar-refractivity contribution in [1.82, 2.24) is 10.2 Å². The highest BCUT2D eigenvalue weighted by Crippen LogP contribution is 2.42. The van der Waals surface area contributed by atoms with Gasteiger partial charge >= 0.3 is 0 Å². The van der Waals surface area contributed by atoms with Crippen LogP contribution in [0.15, 0.2) is 10.5 Å². The molecule has 0 radical (unpaired) electrons. The molecule has 0 amide bonds. The van der Waals surface area contributed by atoms with Crippen LogP contribution in [-0.4, -0.2) is 31.1 Å². The molecule has 2 nitrogen and oxygen atoms in total. The lowest BCUT2D eigenvalue weighted by atomic mass is 9.98. The molecule has 0 bridgehead atoms. The van der Waals surface area contributed by atoms with Gasteiger partial charge in [-0.15, -0.1) is 11.3 Å².